The van der Waals surface area contributed by atoms with E-state index in [1.807, 2.05) is 0 Å². The van der Waals surface area contributed by atoms with Crippen molar-refractivity contribution in [2.24, 2.45) is 0 Å². The molecule has 3 rings (SSSR count). The summed E-state index contributed by atoms with van der Waals surface area (Å²) < 4.78 is 0. The highest BCUT2D eigenvalue weighted by Crippen LogP contribution is 2.37. The molecule has 6 heteroatoms. The molecule has 0 spiro atoms. The van der Waals surface area contributed by atoms with Gasteiger partial charge in [0.1, 0.15) is 11.4 Å². The number of likely N-dealkylation sites (tertiary alicyclic amines) is 1. The highest BCUT2D eigenvalue weighted by Gasteiger charge is 2.33. The third kappa shape index (κ3) is 1.82. The van der Waals surface area contributed by atoms with Crippen molar-refractivity contribution in [3.05, 3.63) is 27.4 Å². The normalized spacial score (nSPS) is 19.8. The van der Waals surface area contributed by atoms with Crippen LogP contribution >= 0.6 is 0 Å². The number of carbonyl (C=O) groups excluding carboxylic acids is 1. The fraction of sp³-hybridized carbons (Fsp3) is 0.583. The molecule has 2 heterocycles. The van der Waals surface area contributed by atoms with Gasteiger partial charge in [-0.1, -0.05) is 0 Å². The van der Waals surface area contributed by atoms with E-state index in [0.29, 0.717) is 30.5 Å². The van der Waals surface area contributed by atoms with Gasteiger partial charge in [0, 0.05) is 19.0 Å². The molecule has 1 saturated carbocycles. The summed E-state index contributed by atoms with van der Waals surface area (Å²) >= 11 is 0. The van der Waals surface area contributed by atoms with Crippen molar-refractivity contribution in [1.29, 1.82) is 0 Å². The molecular weight excluding hydrogens is 234 g/mol. The first-order chi connectivity index (χ1) is 8.56. The van der Waals surface area contributed by atoms with E-state index >= 15 is 0 Å². The lowest BCUT2D eigenvalue weighted by Gasteiger charge is -2.35. The van der Waals surface area contributed by atoms with Gasteiger partial charge in [-0.25, -0.2) is 4.98 Å². The highest BCUT2D eigenvalue weighted by atomic mass is 16.3. The lowest BCUT2D eigenvalue weighted by molar-refractivity contribution is 0.00567. The number of hydrogen-bond donors (Lipinski definition) is 2. The largest absolute Gasteiger partial charge is 0.389 e. The van der Waals surface area contributed by atoms with E-state index in [1.54, 1.807) is 6.92 Å². The van der Waals surface area contributed by atoms with Gasteiger partial charge in [-0.15, -0.1) is 0 Å². The Labute approximate surface area is 104 Å². The van der Waals surface area contributed by atoms with Crippen molar-refractivity contribution < 1.29 is 9.90 Å². The van der Waals surface area contributed by atoms with Crippen LogP contribution in [0.25, 0.3) is 0 Å². The molecule has 0 unspecified atom stereocenters. The minimum atomic E-state index is -0.466. The van der Waals surface area contributed by atoms with Gasteiger partial charge in [-0.05, 0) is 19.8 Å². The summed E-state index contributed by atoms with van der Waals surface area (Å²) in [5, 5.41) is 9.18. The first-order valence-corrected chi connectivity index (χ1v) is 6.14. The Morgan fingerprint density at radius 3 is 2.61 bits per heavy atom. The highest BCUT2D eigenvalue weighted by molar-refractivity contribution is 5.95. The first-order valence-electron chi connectivity index (χ1n) is 6.14. The average molecular weight is 249 g/mol. The summed E-state index contributed by atoms with van der Waals surface area (Å²) in [6, 6.07) is 0. The second kappa shape index (κ2) is 3.91. The van der Waals surface area contributed by atoms with Crippen LogP contribution in [0.3, 0.4) is 0 Å². The summed E-state index contributed by atoms with van der Waals surface area (Å²) in [5.74, 6) is 0.706. The van der Waals surface area contributed by atoms with Crippen LogP contribution in [0.5, 0.6) is 0 Å². The number of aromatic nitrogens is 2. The predicted octanol–water partition coefficient (Wildman–Crippen LogP) is -0.228. The predicted molar refractivity (Wildman–Crippen MR) is 63.5 cm³/mol. The quantitative estimate of drug-likeness (QED) is 0.758. The number of aryl methyl sites for hydroxylation is 1. The van der Waals surface area contributed by atoms with Gasteiger partial charge in [0.15, 0.2) is 0 Å². The molecule has 1 aliphatic heterocycles. The minimum absolute atomic E-state index is 0.103. The number of amides is 1. The van der Waals surface area contributed by atoms with Crippen molar-refractivity contribution in [2.75, 3.05) is 13.1 Å². The molecule has 2 fully saturated rings. The van der Waals surface area contributed by atoms with Gasteiger partial charge in [0.2, 0.25) is 0 Å². The van der Waals surface area contributed by atoms with Crippen LogP contribution in [0, 0.1) is 6.92 Å². The number of nitrogens with one attached hydrogen (secondary N) is 1. The maximum Gasteiger partial charge on any atom is 0.264 e. The Kier molecular flexibility index (Phi) is 2.48. The molecule has 0 radical (unpaired) electrons. The Morgan fingerprint density at radius 1 is 1.44 bits per heavy atom. The first kappa shape index (κ1) is 11.4. The van der Waals surface area contributed by atoms with Gasteiger partial charge in [-0.2, -0.15) is 0 Å². The molecule has 6 nitrogen and oxygen atoms in total. The van der Waals surface area contributed by atoms with Crippen LogP contribution < -0.4 is 5.56 Å². The topological polar surface area (TPSA) is 86.3 Å². The molecule has 1 aromatic rings. The van der Waals surface area contributed by atoms with Crippen LogP contribution in [-0.4, -0.2) is 45.1 Å². The van der Waals surface area contributed by atoms with Gasteiger partial charge >= 0.3 is 0 Å². The van der Waals surface area contributed by atoms with Crippen LogP contribution in [-0.2, 0) is 0 Å². The molecule has 2 N–H and O–H groups in total. The van der Waals surface area contributed by atoms with Crippen molar-refractivity contribution in [1.82, 2.24) is 14.9 Å². The fourth-order valence-electron chi connectivity index (χ4n) is 2.19. The minimum Gasteiger partial charge on any atom is -0.389 e. The second-order valence-corrected chi connectivity index (χ2v) is 5.05. The van der Waals surface area contributed by atoms with Crippen LogP contribution in [0.15, 0.2) is 4.79 Å². The molecule has 0 atom stereocenters. The monoisotopic (exact) mass is 249 g/mol. The molecule has 96 valence electrons. The number of rotatable bonds is 2. The Morgan fingerprint density at radius 2 is 2.11 bits per heavy atom. The number of carbonyl (C=O) groups is 1. The van der Waals surface area contributed by atoms with E-state index in [4.69, 9.17) is 0 Å². The van der Waals surface area contributed by atoms with Gasteiger partial charge in [0.05, 0.1) is 11.8 Å². The summed E-state index contributed by atoms with van der Waals surface area (Å²) in [7, 11) is 0. The number of H-pyrrole nitrogens is 1. The Bertz CT molecular complexity index is 556. The van der Waals surface area contributed by atoms with Crippen molar-refractivity contribution >= 4 is 5.91 Å². The third-order valence-electron chi connectivity index (χ3n) is 3.45. The zero-order chi connectivity index (χ0) is 12.9. The van der Waals surface area contributed by atoms with E-state index in [0.717, 1.165) is 12.8 Å². The molecule has 1 amide bonds. The third-order valence-corrected chi connectivity index (χ3v) is 3.45. The fourth-order valence-corrected chi connectivity index (χ4v) is 2.19. The number of hydrogen-bond acceptors (Lipinski definition) is 4. The molecule has 1 saturated heterocycles. The standard InChI is InChI=1S/C12H15N3O3/c1-6-9(12(18)15-4-8(16)5-15)11(17)14-10(13-6)7-2-3-7/h7-8,16H,2-5H2,1H3,(H,13,14,17). The van der Waals surface area contributed by atoms with Crippen LogP contribution in [0.1, 0.15) is 40.6 Å². The molecule has 2 aliphatic rings. The summed E-state index contributed by atoms with van der Waals surface area (Å²) in [6.45, 7) is 2.27. The zero-order valence-electron chi connectivity index (χ0n) is 10.1. The van der Waals surface area contributed by atoms with Gasteiger partial charge in [0.25, 0.3) is 11.5 Å². The number of β-amino-alcohol motifs (C(OH)–C–C–N with tert-alkyl or cyclic N) is 1. The smallest absolute Gasteiger partial charge is 0.264 e. The molecule has 0 aromatic carbocycles. The second-order valence-electron chi connectivity index (χ2n) is 5.05. The number of aromatic amines is 1. The zero-order valence-corrected chi connectivity index (χ0v) is 10.1. The summed E-state index contributed by atoms with van der Waals surface area (Å²) in [5.41, 5.74) is 0.217. The molecule has 18 heavy (non-hydrogen) atoms. The van der Waals surface area contributed by atoms with Crippen molar-refractivity contribution in [3.8, 4) is 0 Å². The molecule has 1 aromatic heterocycles. The Hall–Kier alpha value is -1.69. The van der Waals surface area contributed by atoms with E-state index in [-0.39, 0.29) is 17.0 Å². The summed E-state index contributed by atoms with van der Waals surface area (Å²) in [4.78, 5) is 32.5. The van der Waals surface area contributed by atoms with E-state index in [1.165, 1.54) is 4.90 Å². The van der Waals surface area contributed by atoms with Crippen LogP contribution in [0.2, 0.25) is 0 Å². The summed E-state index contributed by atoms with van der Waals surface area (Å²) in [6.07, 6.45) is 1.63. The number of aliphatic hydroxyl groups is 1. The van der Waals surface area contributed by atoms with Gasteiger partial charge in [-0.3, -0.25) is 9.59 Å². The van der Waals surface area contributed by atoms with Gasteiger partial charge < -0.3 is 15.0 Å². The van der Waals surface area contributed by atoms with Crippen molar-refractivity contribution in [3.63, 3.8) is 0 Å². The molecule has 0 bridgehead atoms. The maximum atomic E-state index is 12.1. The lowest BCUT2D eigenvalue weighted by atomic mass is 10.1. The SMILES string of the molecule is Cc1nc(C2CC2)[nH]c(=O)c1C(=O)N1CC(O)C1. The number of aliphatic hydroxyl groups excluding tert-OH is 1. The van der Waals surface area contributed by atoms with Crippen molar-refractivity contribution in [2.45, 2.75) is 31.8 Å². The maximum absolute atomic E-state index is 12.1. The van der Waals surface area contributed by atoms with Crippen LogP contribution in [0.4, 0.5) is 0 Å². The average Bonchev–Trinajstić information content (AvgIpc) is 3.07. The number of nitrogens with zero attached hydrogens (tertiary/aromatic N) is 2. The van der Waals surface area contributed by atoms with E-state index in [2.05, 4.69) is 9.97 Å². The Balaban J connectivity index is 1.91. The molecule has 1 aliphatic carbocycles. The molecular formula is C12H15N3O3. The van der Waals surface area contributed by atoms with E-state index < -0.39 is 6.10 Å². The lowest BCUT2D eigenvalue weighted by Crippen LogP contribution is -2.54. The van der Waals surface area contributed by atoms with E-state index in [9.17, 15) is 14.7 Å².